The van der Waals surface area contributed by atoms with Gasteiger partial charge in [-0.2, -0.15) is 0 Å². The Morgan fingerprint density at radius 1 is 1.11 bits per heavy atom. The van der Waals surface area contributed by atoms with Crippen LogP contribution >= 0.6 is 0 Å². The maximum atomic E-state index is 12.9. The zero-order valence-electron chi connectivity index (χ0n) is 17.0. The van der Waals surface area contributed by atoms with E-state index < -0.39 is 0 Å². The molecule has 1 aromatic heterocycles. The number of aryl methyl sites for hydroxylation is 3. The molecular formula is C21H27N5O2. The van der Waals surface area contributed by atoms with Crippen molar-refractivity contribution in [1.82, 2.24) is 14.9 Å². The van der Waals surface area contributed by atoms with Crippen molar-refractivity contribution in [2.75, 3.05) is 36.4 Å². The lowest BCUT2D eigenvalue weighted by atomic mass is 10.1. The molecular weight excluding hydrogens is 354 g/mol. The van der Waals surface area contributed by atoms with Gasteiger partial charge in [0.2, 0.25) is 11.9 Å². The first kappa shape index (κ1) is 19.8. The van der Waals surface area contributed by atoms with Gasteiger partial charge in [0.05, 0.1) is 0 Å². The Hall–Kier alpha value is -2.96. The predicted molar refractivity (Wildman–Crippen MR) is 110 cm³/mol. The van der Waals surface area contributed by atoms with E-state index in [0.29, 0.717) is 37.8 Å². The zero-order chi connectivity index (χ0) is 20.3. The van der Waals surface area contributed by atoms with Gasteiger partial charge in [-0.05, 0) is 37.5 Å². The number of amides is 2. The minimum absolute atomic E-state index is 0.0786. The Kier molecular flexibility index (Phi) is 5.92. The van der Waals surface area contributed by atoms with E-state index in [0.717, 1.165) is 28.9 Å². The van der Waals surface area contributed by atoms with Gasteiger partial charge >= 0.3 is 0 Å². The number of piperazine rings is 1. The van der Waals surface area contributed by atoms with Crippen molar-refractivity contribution in [1.29, 1.82) is 0 Å². The quantitative estimate of drug-likeness (QED) is 0.881. The van der Waals surface area contributed by atoms with E-state index in [9.17, 15) is 9.59 Å². The standard InChI is InChI=1S/C21H27N5O2/c1-5-17-8-6-7-14(2)19(17)24-20(28)18-13-15(3)22-21(23-18)26-11-9-25(10-12-26)16(4)27/h6-8,13H,5,9-12H2,1-4H3,(H,24,28). The first-order valence-corrected chi connectivity index (χ1v) is 9.65. The van der Waals surface area contributed by atoms with E-state index in [2.05, 4.69) is 22.2 Å². The molecule has 0 aliphatic carbocycles. The highest BCUT2D eigenvalue weighted by Gasteiger charge is 2.22. The number of anilines is 2. The monoisotopic (exact) mass is 381 g/mol. The molecule has 0 unspecified atom stereocenters. The minimum Gasteiger partial charge on any atom is -0.339 e. The first-order chi connectivity index (χ1) is 13.4. The highest BCUT2D eigenvalue weighted by molar-refractivity contribution is 6.04. The Labute approximate surface area is 165 Å². The molecule has 2 heterocycles. The molecule has 1 saturated heterocycles. The van der Waals surface area contributed by atoms with Crippen LogP contribution in [0.5, 0.6) is 0 Å². The highest BCUT2D eigenvalue weighted by atomic mass is 16.2. The molecule has 2 aromatic rings. The van der Waals surface area contributed by atoms with Crippen LogP contribution in [0.4, 0.5) is 11.6 Å². The summed E-state index contributed by atoms with van der Waals surface area (Å²) in [6, 6.07) is 7.71. The van der Waals surface area contributed by atoms with Crippen LogP contribution in [0, 0.1) is 13.8 Å². The summed E-state index contributed by atoms with van der Waals surface area (Å²) < 4.78 is 0. The first-order valence-electron chi connectivity index (χ1n) is 9.65. The number of para-hydroxylation sites is 1. The lowest BCUT2D eigenvalue weighted by molar-refractivity contribution is -0.129. The van der Waals surface area contributed by atoms with Crippen molar-refractivity contribution in [2.45, 2.75) is 34.1 Å². The number of aromatic nitrogens is 2. The van der Waals surface area contributed by atoms with E-state index in [4.69, 9.17) is 0 Å². The largest absolute Gasteiger partial charge is 0.339 e. The lowest BCUT2D eigenvalue weighted by Gasteiger charge is -2.34. The third-order valence-electron chi connectivity index (χ3n) is 5.06. The summed E-state index contributed by atoms with van der Waals surface area (Å²) in [7, 11) is 0. The van der Waals surface area contributed by atoms with Crippen molar-refractivity contribution in [2.24, 2.45) is 0 Å². The molecule has 2 amide bonds. The molecule has 3 rings (SSSR count). The van der Waals surface area contributed by atoms with E-state index in [1.807, 2.05) is 41.8 Å². The maximum Gasteiger partial charge on any atom is 0.274 e. The van der Waals surface area contributed by atoms with Crippen LogP contribution in [0.25, 0.3) is 0 Å². The van der Waals surface area contributed by atoms with Crippen molar-refractivity contribution < 1.29 is 9.59 Å². The molecule has 7 nitrogen and oxygen atoms in total. The fraction of sp³-hybridized carbons (Fsp3) is 0.429. The highest BCUT2D eigenvalue weighted by Crippen LogP contribution is 2.22. The molecule has 0 radical (unpaired) electrons. The number of carbonyl (C=O) groups is 2. The minimum atomic E-state index is -0.238. The number of nitrogens with one attached hydrogen (secondary N) is 1. The zero-order valence-corrected chi connectivity index (χ0v) is 17.0. The van der Waals surface area contributed by atoms with Crippen LogP contribution < -0.4 is 10.2 Å². The summed E-state index contributed by atoms with van der Waals surface area (Å²) in [5.74, 6) is 0.377. The van der Waals surface area contributed by atoms with Crippen LogP contribution in [0.3, 0.4) is 0 Å². The average Bonchev–Trinajstić information content (AvgIpc) is 2.69. The molecule has 148 valence electrons. The third-order valence-corrected chi connectivity index (χ3v) is 5.06. The summed E-state index contributed by atoms with van der Waals surface area (Å²) in [4.78, 5) is 37.2. The summed E-state index contributed by atoms with van der Waals surface area (Å²) in [6.07, 6.45) is 0.839. The fourth-order valence-electron chi connectivity index (χ4n) is 3.41. The lowest BCUT2D eigenvalue weighted by Crippen LogP contribution is -2.48. The van der Waals surface area contributed by atoms with Gasteiger partial charge in [0.25, 0.3) is 5.91 Å². The topological polar surface area (TPSA) is 78.4 Å². The van der Waals surface area contributed by atoms with Crippen molar-refractivity contribution >= 4 is 23.5 Å². The van der Waals surface area contributed by atoms with E-state index in [-0.39, 0.29) is 11.8 Å². The second-order valence-corrected chi connectivity index (χ2v) is 7.10. The molecule has 1 aliphatic heterocycles. The van der Waals surface area contributed by atoms with Crippen LogP contribution in [-0.4, -0.2) is 52.9 Å². The summed E-state index contributed by atoms with van der Waals surface area (Å²) in [5, 5.41) is 3.02. The maximum absolute atomic E-state index is 12.9. The van der Waals surface area contributed by atoms with Crippen LogP contribution in [0.2, 0.25) is 0 Å². The average molecular weight is 381 g/mol. The molecule has 0 bridgehead atoms. The molecule has 0 atom stereocenters. The SMILES string of the molecule is CCc1cccc(C)c1NC(=O)c1cc(C)nc(N2CCN(C(C)=O)CC2)n1. The fourth-order valence-corrected chi connectivity index (χ4v) is 3.41. The summed E-state index contributed by atoms with van der Waals surface area (Å²) in [6.45, 7) is 10.1. The van der Waals surface area contributed by atoms with E-state index >= 15 is 0 Å². The Bertz CT molecular complexity index is 888. The number of benzene rings is 1. The van der Waals surface area contributed by atoms with Gasteiger partial charge in [-0.25, -0.2) is 9.97 Å². The molecule has 0 spiro atoms. The van der Waals surface area contributed by atoms with Crippen molar-refractivity contribution in [3.63, 3.8) is 0 Å². The normalized spacial score (nSPS) is 14.1. The summed E-state index contributed by atoms with van der Waals surface area (Å²) >= 11 is 0. The Morgan fingerprint density at radius 3 is 2.46 bits per heavy atom. The van der Waals surface area contributed by atoms with Gasteiger partial charge in [-0.3, -0.25) is 9.59 Å². The number of hydrogen-bond donors (Lipinski definition) is 1. The molecule has 1 N–H and O–H groups in total. The van der Waals surface area contributed by atoms with Gasteiger partial charge in [0.1, 0.15) is 5.69 Å². The van der Waals surface area contributed by atoms with Gasteiger partial charge in [-0.1, -0.05) is 25.1 Å². The van der Waals surface area contributed by atoms with E-state index in [1.165, 1.54) is 0 Å². The van der Waals surface area contributed by atoms with Gasteiger partial charge in [0.15, 0.2) is 0 Å². The van der Waals surface area contributed by atoms with Crippen LogP contribution in [-0.2, 0) is 11.2 Å². The number of rotatable bonds is 4. The van der Waals surface area contributed by atoms with Gasteiger partial charge in [-0.15, -0.1) is 0 Å². The van der Waals surface area contributed by atoms with Crippen molar-refractivity contribution in [3.05, 3.63) is 46.8 Å². The number of hydrogen-bond acceptors (Lipinski definition) is 5. The van der Waals surface area contributed by atoms with Gasteiger partial charge in [0, 0.05) is 44.5 Å². The number of nitrogens with zero attached hydrogens (tertiary/aromatic N) is 4. The molecule has 0 saturated carbocycles. The van der Waals surface area contributed by atoms with Crippen LogP contribution in [0.15, 0.2) is 24.3 Å². The smallest absolute Gasteiger partial charge is 0.274 e. The Morgan fingerprint density at radius 2 is 1.82 bits per heavy atom. The van der Waals surface area contributed by atoms with Crippen molar-refractivity contribution in [3.8, 4) is 0 Å². The Balaban J connectivity index is 1.80. The number of carbonyl (C=O) groups excluding carboxylic acids is 2. The molecule has 1 fully saturated rings. The van der Waals surface area contributed by atoms with Crippen LogP contribution in [0.1, 0.15) is 41.2 Å². The molecule has 1 aromatic carbocycles. The third kappa shape index (κ3) is 4.30. The molecule has 7 heteroatoms. The van der Waals surface area contributed by atoms with Gasteiger partial charge < -0.3 is 15.1 Å². The summed E-state index contributed by atoms with van der Waals surface area (Å²) in [5.41, 5.74) is 4.06. The predicted octanol–water partition coefficient (Wildman–Crippen LogP) is 2.58. The second kappa shape index (κ2) is 8.37. The van der Waals surface area contributed by atoms with E-state index in [1.54, 1.807) is 13.0 Å². The molecule has 1 aliphatic rings. The molecule has 28 heavy (non-hydrogen) atoms. The second-order valence-electron chi connectivity index (χ2n) is 7.10.